The Morgan fingerprint density at radius 1 is 1.32 bits per heavy atom. The summed E-state index contributed by atoms with van der Waals surface area (Å²) >= 11 is 5.90. The Morgan fingerprint density at radius 2 is 2.04 bits per heavy atom. The van der Waals surface area contributed by atoms with Crippen LogP contribution in [0.3, 0.4) is 0 Å². The van der Waals surface area contributed by atoms with E-state index in [4.69, 9.17) is 16.3 Å². The SMILES string of the molecule is CS(=O)(=O)c1cc(NC(=O)NCC2CCC3(CCCC3)O2)ccc1Cl. The van der Waals surface area contributed by atoms with Gasteiger partial charge in [-0.3, -0.25) is 0 Å². The summed E-state index contributed by atoms with van der Waals surface area (Å²) in [4.78, 5) is 12.1. The Labute approximate surface area is 153 Å². The van der Waals surface area contributed by atoms with E-state index >= 15 is 0 Å². The van der Waals surface area contributed by atoms with E-state index in [9.17, 15) is 13.2 Å². The summed E-state index contributed by atoms with van der Waals surface area (Å²) in [6, 6.07) is 3.99. The fraction of sp³-hybridized carbons (Fsp3) is 0.588. The Balaban J connectivity index is 1.53. The molecule has 8 heteroatoms. The van der Waals surface area contributed by atoms with Gasteiger partial charge in [-0.1, -0.05) is 24.4 Å². The fourth-order valence-corrected chi connectivity index (χ4v) is 4.97. The molecule has 2 aliphatic rings. The lowest BCUT2D eigenvalue weighted by molar-refractivity contribution is -0.0340. The number of benzene rings is 1. The molecule has 2 amide bonds. The molecule has 25 heavy (non-hydrogen) atoms. The quantitative estimate of drug-likeness (QED) is 0.830. The largest absolute Gasteiger partial charge is 0.370 e. The first-order valence-electron chi connectivity index (χ1n) is 8.50. The molecule has 1 saturated heterocycles. The molecular formula is C17H23ClN2O4S. The zero-order valence-corrected chi connectivity index (χ0v) is 15.8. The second-order valence-electron chi connectivity index (χ2n) is 6.92. The van der Waals surface area contributed by atoms with Gasteiger partial charge < -0.3 is 15.4 Å². The van der Waals surface area contributed by atoms with E-state index in [0.29, 0.717) is 12.2 Å². The highest BCUT2D eigenvalue weighted by Gasteiger charge is 2.42. The minimum atomic E-state index is -3.45. The topological polar surface area (TPSA) is 84.5 Å². The lowest BCUT2D eigenvalue weighted by atomic mass is 9.98. The molecule has 0 bridgehead atoms. The highest BCUT2D eigenvalue weighted by atomic mass is 35.5. The molecule has 0 radical (unpaired) electrons. The highest BCUT2D eigenvalue weighted by Crippen LogP contribution is 2.43. The van der Waals surface area contributed by atoms with Crippen LogP contribution in [0.5, 0.6) is 0 Å². The van der Waals surface area contributed by atoms with E-state index in [1.807, 2.05) is 0 Å². The third-order valence-electron chi connectivity index (χ3n) is 4.93. The average Bonchev–Trinajstić information content (AvgIpc) is 3.16. The smallest absolute Gasteiger partial charge is 0.319 e. The van der Waals surface area contributed by atoms with Crippen molar-refractivity contribution in [3.63, 3.8) is 0 Å². The molecule has 3 rings (SSSR count). The van der Waals surface area contributed by atoms with Gasteiger partial charge in [-0.15, -0.1) is 0 Å². The summed E-state index contributed by atoms with van der Waals surface area (Å²) in [5.74, 6) is 0. The molecule has 2 N–H and O–H groups in total. The summed E-state index contributed by atoms with van der Waals surface area (Å²) in [5, 5.41) is 5.57. The van der Waals surface area contributed by atoms with Gasteiger partial charge in [0.2, 0.25) is 0 Å². The Morgan fingerprint density at radius 3 is 2.72 bits per heavy atom. The Hall–Kier alpha value is -1.31. The number of nitrogens with one attached hydrogen (secondary N) is 2. The maximum Gasteiger partial charge on any atom is 0.319 e. The van der Waals surface area contributed by atoms with Gasteiger partial charge in [-0.25, -0.2) is 13.2 Å². The number of anilines is 1. The van der Waals surface area contributed by atoms with Crippen LogP contribution in [0.25, 0.3) is 0 Å². The maximum absolute atomic E-state index is 12.1. The van der Waals surface area contributed by atoms with E-state index in [1.165, 1.54) is 25.0 Å². The van der Waals surface area contributed by atoms with Gasteiger partial charge in [0, 0.05) is 18.5 Å². The molecule has 2 fully saturated rings. The van der Waals surface area contributed by atoms with Crippen molar-refractivity contribution in [2.24, 2.45) is 0 Å². The summed E-state index contributed by atoms with van der Waals surface area (Å²) < 4.78 is 29.5. The molecule has 1 aromatic carbocycles. The number of sulfone groups is 1. The third kappa shape index (κ3) is 4.46. The van der Waals surface area contributed by atoms with Gasteiger partial charge in [0.15, 0.2) is 9.84 Å². The summed E-state index contributed by atoms with van der Waals surface area (Å²) in [6.07, 6.45) is 7.83. The zero-order chi connectivity index (χ0) is 18.1. The summed E-state index contributed by atoms with van der Waals surface area (Å²) in [6.45, 7) is 0.445. The number of ether oxygens (including phenoxy) is 1. The first-order chi connectivity index (χ1) is 11.8. The second-order valence-corrected chi connectivity index (χ2v) is 9.31. The summed E-state index contributed by atoms with van der Waals surface area (Å²) in [7, 11) is -3.45. The molecule has 1 heterocycles. The molecule has 6 nitrogen and oxygen atoms in total. The minimum absolute atomic E-state index is 0.00531. The van der Waals surface area contributed by atoms with Gasteiger partial charge in [0.25, 0.3) is 0 Å². The van der Waals surface area contributed by atoms with Crippen LogP contribution in [-0.2, 0) is 14.6 Å². The Bertz CT molecular complexity index is 760. The van der Waals surface area contributed by atoms with Crippen molar-refractivity contribution < 1.29 is 17.9 Å². The minimum Gasteiger partial charge on any atom is -0.370 e. The number of rotatable bonds is 4. The van der Waals surface area contributed by atoms with Crippen LogP contribution in [0.15, 0.2) is 23.1 Å². The van der Waals surface area contributed by atoms with E-state index in [2.05, 4.69) is 10.6 Å². The van der Waals surface area contributed by atoms with Gasteiger partial charge in [-0.05, 0) is 43.9 Å². The molecule has 1 aromatic rings. The number of halogens is 1. The first-order valence-corrected chi connectivity index (χ1v) is 10.8. The van der Waals surface area contributed by atoms with Crippen LogP contribution < -0.4 is 10.6 Å². The van der Waals surface area contributed by atoms with Crippen molar-refractivity contribution in [2.75, 3.05) is 18.1 Å². The number of carbonyl (C=O) groups is 1. The normalized spacial score (nSPS) is 22.2. The second kappa shape index (κ2) is 7.13. The number of urea groups is 1. The third-order valence-corrected chi connectivity index (χ3v) is 6.51. The number of carbonyl (C=O) groups excluding carboxylic acids is 1. The standard InChI is InChI=1S/C17H23ClN2O4S/c1-25(22,23)15-10-12(4-5-14(15)18)20-16(21)19-11-13-6-9-17(24-13)7-2-3-8-17/h4-5,10,13H,2-3,6-9,11H2,1H3,(H2,19,20,21). The number of hydrogen-bond acceptors (Lipinski definition) is 4. The highest BCUT2D eigenvalue weighted by molar-refractivity contribution is 7.90. The van der Waals surface area contributed by atoms with Gasteiger partial charge in [0.1, 0.15) is 0 Å². The van der Waals surface area contributed by atoms with E-state index in [1.54, 1.807) is 6.07 Å². The van der Waals surface area contributed by atoms with E-state index < -0.39 is 15.9 Å². The van der Waals surface area contributed by atoms with Crippen molar-refractivity contribution >= 4 is 33.2 Å². The van der Waals surface area contributed by atoms with Crippen molar-refractivity contribution in [2.45, 2.75) is 55.1 Å². The zero-order valence-electron chi connectivity index (χ0n) is 14.2. The van der Waals surface area contributed by atoms with Crippen molar-refractivity contribution in [3.8, 4) is 0 Å². The van der Waals surface area contributed by atoms with E-state index in [-0.39, 0.29) is 21.6 Å². The maximum atomic E-state index is 12.1. The van der Waals surface area contributed by atoms with Crippen LogP contribution in [0.4, 0.5) is 10.5 Å². The first kappa shape index (κ1) is 18.5. The predicted molar refractivity (Wildman–Crippen MR) is 96.9 cm³/mol. The molecule has 138 valence electrons. The molecule has 1 aliphatic heterocycles. The molecule has 1 aliphatic carbocycles. The van der Waals surface area contributed by atoms with Crippen LogP contribution in [0, 0.1) is 0 Å². The van der Waals surface area contributed by atoms with Crippen LogP contribution in [-0.4, -0.2) is 39.0 Å². The number of hydrogen-bond donors (Lipinski definition) is 2. The van der Waals surface area contributed by atoms with Gasteiger partial charge in [0.05, 0.1) is 21.6 Å². The Kier molecular flexibility index (Phi) is 5.27. The summed E-state index contributed by atoms with van der Waals surface area (Å²) in [5.41, 5.74) is 0.422. The molecule has 1 spiro atoms. The van der Waals surface area contributed by atoms with Crippen LogP contribution in [0.2, 0.25) is 5.02 Å². The van der Waals surface area contributed by atoms with Crippen molar-refractivity contribution in [1.82, 2.24) is 5.32 Å². The molecular weight excluding hydrogens is 364 g/mol. The monoisotopic (exact) mass is 386 g/mol. The van der Waals surface area contributed by atoms with Crippen molar-refractivity contribution in [3.05, 3.63) is 23.2 Å². The lowest BCUT2D eigenvalue weighted by Crippen LogP contribution is -2.36. The molecule has 1 unspecified atom stereocenters. The van der Waals surface area contributed by atoms with Crippen LogP contribution >= 0.6 is 11.6 Å². The average molecular weight is 387 g/mol. The number of amides is 2. The molecule has 1 atom stereocenters. The van der Waals surface area contributed by atoms with E-state index in [0.717, 1.165) is 31.9 Å². The molecule has 1 saturated carbocycles. The van der Waals surface area contributed by atoms with Gasteiger partial charge >= 0.3 is 6.03 Å². The molecule has 0 aromatic heterocycles. The fourth-order valence-electron chi connectivity index (χ4n) is 3.67. The van der Waals surface area contributed by atoms with Crippen LogP contribution in [0.1, 0.15) is 38.5 Å². The van der Waals surface area contributed by atoms with Gasteiger partial charge in [-0.2, -0.15) is 0 Å². The lowest BCUT2D eigenvalue weighted by Gasteiger charge is -2.23. The van der Waals surface area contributed by atoms with Crippen molar-refractivity contribution in [1.29, 1.82) is 0 Å². The predicted octanol–water partition coefficient (Wildman–Crippen LogP) is 3.36.